The van der Waals surface area contributed by atoms with Gasteiger partial charge in [-0.2, -0.15) is 5.21 Å². The minimum Gasteiger partial charge on any atom is -0.314 e. The Bertz CT molecular complexity index is 1050. The first-order valence-corrected chi connectivity index (χ1v) is 9.39. The molecule has 0 bridgehead atoms. The number of H-pyrrole nitrogens is 1. The first-order chi connectivity index (χ1) is 13.4. The summed E-state index contributed by atoms with van der Waals surface area (Å²) in [6.07, 6.45) is 10.3. The molecule has 0 amide bonds. The highest BCUT2D eigenvalue weighted by Gasteiger charge is 2.16. The minimum absolute atomic E-state index is 0.563. The Morgan fingerprint density at radius 3 is 2.81 bits per heavy atom. The van der Waals surface area contributed by atoms with Crippen molar-refractivity contribution < 1.29 is 0 Å². The molecule has 3 heterocycles. The average Bonchev–Trinajstić information content (AvgIpc) is 3.39. The van der Waals surface area contributed by atoms with Crippen molar-refractivity contribution in [2.45, 2.75) is 38.6 Å². The molecule has 4 aromatic rings. The summed E-state index contributed by atoms with van der Waals surface area (Å²) in [6, 6.07) is 7.93. The van der Waals surface area contributed by atoms with Crippen LogP contribution in [0, 0.1) is 5.92 Å². The maximum absolute atomic E-state index is 4.87. The number of tetrazole rings is 1. The lowest BCUT2D eigenvalue weighted by Crippen LogP contribution is -2.13. The molecule has 1 aliphatic rings. The van der Waals surface area contributed by atoms with E-state index in [1.54, 1.807) is 6.20 Å². The van der Waals surface area contributed by atoms with Gasteiger partial charge in [0.25, 0.3) is 0 Å². The van der Waals surface area contributed by atoms with Crippen LogP contribution in [0.5, 0.6) is 0 Å². The van der Waals surface area contributed by atoms with Crippen molar-refractivity contribution in [2.75, 3.05) is 0 Å². The van der Waals surface area contributed by atoms with E-state index in [9.17, 15) is 0 Å². The summed E-state index contributed by atoms with van der Waals surface area (Å²) in [4.78, 5) is 13.8. The van der Waals surface area contributed by atoms with Crippen molar-refractivity contribution >= 4 is 11.3 Å². The van der Waals surface area contributed by atoms with Crippen LogP contribution >= 0.6 is 0 Å². The third-order valence-electron chi connectivity index (χ3n) is 5.27. The van der Waals surface area contributed by atoms with Crippen LogP contribution < -0.4 is 0 Å². The Kier molecular flexibility index (Phi) is 4.08. The van der Waals surface area contributed by atoms with Crippen LogP contribution in [0.1, 0.15) is 32.1 Å². The number of imidazole rings is 1. The van der Waals surface area contributed by atoms with Crippen LogP contribution in [0.4, 0.5) is 0 Å². The first-order valence-electron chi connectivity index (χ1n) is 9.39. The van der Waals surface area contributed by atoms with E-state index in [2.05, 4.69) is 35.2 Å². The molecule has 1 N–H and O–H groups in total. The van der Waals surface area contributed by atoms with Crippen molar-refractivity contribution in [1.29, 1.82) is 0 Å². The van der Waals surface area contributed by atoms with Crippen LogP contribution in [0.2, 0.25) is 0 Å². The highest BCUT2D eigenvalue weighted by Crippen LogP contribution is 2.27. The molecule has 0 atom stereocenters. The van der Waals surface area contributed by atoms with Gasteiger partial charge in [0.05, 0.1) is 18.2 Å². The van der Waals surface area contributed by atoms with Crippen molar-refractivity contribution in [1.82, 2.24) is 40.1 Å². The zero-order valence-corrected chi connectivity index (χ0v) is 14.9. The SMILES string of the molecule is c1cc(-c2cnc3ncn(CC4CCCCC4)c3n2)cc(-c2nn[nH]n2)c1. The molecule has 0 spiro atoms. The zero-order chi connectivity index (χ0) is 18.1. The summed E-state index contributed by atoms with van der Waals surface area (Å²) >= 11 is 0. The molecule has 0 saturated heterocycles. The molecule has 0 aliphatic heterocycles. The molecule has 136 valence electrons. The second-order valence-corrected chi connectivity index (χ2v) is 7.12. The number of aromatic amines is 1. The Morgan fingerprint density at radius 2 is 1.96 bits per heavy atom. The Hall–Kier alpha value is -3.16. The number of nitrogens with one attached hydrogen (secondary N) is 1. The minimum atomic E-state index is 0.563. The second kappa shape index (κ2) is 6.86. The van der Waals surface area contributed by atoms with Gasteiger partial charge in [-0.1, -0.05) is 37.5 Å². The highest BCUT2D eigenvalue weighted by molar-refractivity contribution is 5.73. The third kappa shape index (κ3) is 3.18. The Labute approximate surface area is 156 Å². The van der Waals surface area contributed by atoms with E-state index in [1.807, 2.05) is 30.6 Å². The van der Waals surface area contributed by atoms with Crippen LogP contribution in [0.15, 0.2) is 36.8 Å². The van der Waals surface area contributed by atoms with Crippen LogP contribution in [0.25, 0.3) is 33.9 Å². The maximum atomic E-state index is 4.87. The zero-order valence-electron chi connectivity index (χ0n) is 14.9. The maximum Gasteiger partial charge on any atom is 0.204 e. The van der Waals surface area contributed by atoms with Crippen LogP contribution in [-0.2, 0) is 6.54 Å². The molecule has 8 nitrogen and oxygen atoms in total. The van der Waals surface area contributed by atoms with Crippen molar-refractivity contribution in [3.05, 3.63) is 36.8 Å². The highest BCUT2D eigenvalue weighted by atomic mass is 15.5. The van der Waals surface area contributed by atoms with E-state index in [4.69, 9.17) is 4.98 Å². The molecule has 5 rings (SSSR count). The molecule has 3 aromatic heterocycles. The number of fused-ring (bicyclic) bond motifs is 1. The van der Waals surface area contributed by atoms with Gasteiger partial charge in [0.2, 0.25) is 5.82 Å². The van der Waals surface area contributed by atoms with Gasteiger partial charge in [0, 0.05) is 17.7 Å². The smallest absolute Gasteiger partial charge is 0.204 e. The summed E-state index contributed by atoms with van der Waals surface area (Å²) in [5.74, 6) is 1.27. The number of hydrogen-bond donors (Lipinski definition) is 1. The molecule has 1 aliphatic carbocycles. The quantitative estimate of drug-likeness (QED) is 0.600. The molecule has 1 saturated carbocycles. The number of rotatable bonds is 4. The van der Waals surface area contributed by atoms with E-state index in [0.717, 1.165) is 29.0 Å². The van der Waals surface area contributed by atoms with Crippen LogP contribution in [0.3, 0.4) is 0 Å². The molecular weight excluding hydrogens is 340 g/mol. The lowest BCUT2D eigenvalue weighted by Gasteiger charge is -2.21. The Morgan fingerprint density at radius 1 is 1.07 bits per heavy atom. The summed E-state index contributed by atoms with van der Waals surface area (Å²) in [5, 5.41) is 14.2. The van der Waals surface area contributed by atoms with E-state index in [-0.39, 0.29) is 0 Å². The number of aromatic nitrogens is 8. The number of benzene rings is 1. The van der Waals surface area contributed by atoms with E-state index < -0.39 is 0 Å². The molecule has 1 fully saturated rings. The van der Waals surface area contributed by atoms with Gasteiger partial charge in [0.1, 0.15) is 0 Å². The van der Waals surface area contributed by atoms with Gasteiger partial charge in [0.15, 0.2) is 11.3 Å². The van der Waals surface area contributed by atoms with Crippen molar-refractivity contribution in [3.63, 3.8) is 0 Å². The normalized spacial score (nSPS) is 15.4. The molecule has 0 unspecified atom stereocenters. The van der Waals surface area contributed by atoms with Gasteiger partial charge in [-0.15, -0.1) is 10.2 Å². The van der Waals surface area contributed by atoms with E-state index >= 15 is 0 Å². The van der Waals surface area contributed by atoms with Gasteiger partial charge in [-0.05, 0) is 30.0 Å². The second-order valence-electron chi connectivity index (χ2n) is 7.12. The summed E-state index contributed by atoms with van der Waals surface area (Å²) in [6.45, 7) is 0.970. The topological polar surface area (TPSA) is 98.1 Å². The van der Waals surface area contributed by atoms with E-state index in [0.29, 0.717) is 17.4 Å². The standard InChI is InChI=1S/C19H20N8/c1-2-5-13(6-3-1)11-27-12-21-18-19(27)22-16(10-20-18)14-7-4-8-15(9-14)17-23-25-26-24-17/h4,7-10,12-13H,1-3,5-6,11H2,(H,23,24,25,26). The fraction of sp³-hybridized carbons (Fsp3) is 0.368. The molecule has 1 aromatic carbocycles. The third-order valence-corrected chi connectivity index (χ3v) is 5.27. The predicted molar refractivity (Wildman–Crippen MR) is 101 cm³/mol. The largest absolute Gasteiger partial charge is 0.314 e. The number of hydrogen-bond acceptors (Lipinski definition) is 6. The molecule has 27 heavy (non-hydrogen) atoms. The lowest BCUT2D eigenvalue weighted by molar-refractivity contribution is 0.321. The fourth-order valence-electron chi connectivity index (χ4n) is 3.86. The van der Waals surface area contributed by atoms with Gasteiger partial charge in [-0.25, -0.2) is 15.0 Å². The predicted octanol–water partition coefficient (Wildman–Crippen LogP) is 3.25. The molecular formula is C19H20N8. The van der Waals surface area contributed by atoms with Crippen LogP contribution in [-0.4, -0.2) is 40.1 Å². The monoisotopic (exact) mass is 360 g/mol. The number of nitrogens with zero attached hydrogens (tertiary/aromatic N) is 7. The average molecular weight is 360 g/mol. The van der Waals surface area contributed by atoms with Gasteiger partial charge < -0.3 is 4.57 Å². The first kappa shape index (κ1) is 16.0. The Balaban J connectivity index is 1.49. The van der Waals surface area contributed by atoms with E-state index in [1.165, 1.54) is 32.1 Å². The van der Waals surface area contributed by atoms with Crippen molar-refractivity contribution in [2.24, 2.45) is 5.92 Å². The lowest BCUT2D eigenvalue weighted by atomic mass is 9.89. The van der Waals surface area contributed by atoms with Gasteiger partial charge >= 0.3 is 0 Å². The fourth-order valence-corrected chi connectivity index (χ4v) is 3.86. The molecule has 0 radical (unpaired) electrons. The summed E-state index contributed by atoms with van der Waals surface area (Å²) in [5.41, 5.74) is 4.22. The van der Waals surface area contributed by atoms with Gasteiger partial charge in [-0.3, -0.25) is 0 Å². The molecule has 8 heteroatoms. The van der Waals surface area contributed by atoms with Crippen molar-refractivity contribution in [3.8, 4) is 22.6 Å². The summed E-state index contributed by atoms with van der Waals surface area (Å²) in [7, 11) is 0. The summed E-state index contributed by atoms with van der Waals surface area (Å²) < 4.78 is 2.16.